The molecule has 0 bridgehead atoms. The van der Waals surface area contributed by atoms with E-state index in [9.17, 15) is 14.4 Å². The number of amides is 2. The zero-order chi connectivity index (χ0) is 23.9. The Kier molecular flexibility index (Phi) is 5.80. The van der Waals surface area contributed by atoms with Crippen molar-refractivity contribution in [2.24, 2.45) is 11.3 Å². The van der Waals surface area contributed by atoms with E-state index < -0.39 is 17.5 Å². The third-order valence-electron chi connectivity index (χ3n) is 7.78. The average molecular weight is 463 g/mol. The molecule has 2 saturated carbocycles. The van der Waals surface area contributed by atoms with Gasteiger partial charge in [-0.2, -0.15) is 0 Å². The molecule has 3 aliphatic carbocycles. The third kappa shape index (κ3) is 4.04. The molecular formula is C27H30N2O5. The van der Waals surface area contributed by atoms with Gasteiger partial charge in [-0.25, -0.2) is 4.79 Å². The number of alkyl carbamates (subject to hydrolysis) is 1. The van der Waals surface area contributed by atoms with Crippen molar-refractivity contribution >= 4 is 18.0 Å². The topological polar surface area (TPSA) is 105 Å². The van der Waals surface area contributed by atoms with Gasteiger partial charge in [-0.3, -0.25) is 9.59 Å². The highest BCUT2D eigenvalue weighted by atomic mass is 16.5. The van der Waals surface area contributed by atoms with Crippen LogP contribution >= 0.6 is 0 Å². The summed E-state index contributed by atoms with van der Waals surface area (Å²) in [4.78, 5) is 36.5. The normalized spacial score (nSPS) is 25.0. The zero-order valence-corrected chi connectivity index (χ0v) is 19.3. The van der Waals surface area contributed by atoms with Crippen LogP contribution in [0.25, 0.3) is 11.1 Å². The summed E-state index contributed by atoms with van der Waals surface area (Å²) in [5.41, 5.74) is 4.23. The smallest absolute Gasteiger partial charge is 0.407 e. The second kappa shape index (κ2) is 8.78. The molecule has 4 atom stereocenters. The minimum Gasteiger partial charge on any atom is -0.481 e. The molecular weight excluding hydrogens is 432 g/mol. The molecule has 3 aliphatic rings. The van der Waals surface area contributed by atoms with Crippen molar-refractivity contribution in [1.82, 2.24) is 10.6 Å². The molecule has 3 N–H and O–H groups in total. The van der Waals surface area contributed by atoms with Crippen LogP contribution in [0.1, 0.15) is 56.1 Å². The number of carbonyl (C=O) groups is 3. The summed E-state index contributed by atoms with van der Waals surface area (Å²) >= 11 is 0. The van der Waals surface area contributed by atoms with E-state index >= 15 is 0 Å². The number of nitrogens with one attached hydrogen (secondary N) is 2. The highest BCUT2D eigenvalue weighted by Gasteiger charge is 2.65. The van der Waals surface area contributed by atoms with E-state index in [1.807, 2.05) is 31.2 Å². The van der Waals surface area contributed by atoms with E-state index in [4.69, 9.17) is 9.84 Å². The minimum atomic E-state index is -0.918. The fourth-order valence-corrected chi connectivity index (χ4v) is 5.93. The molecule has 0 saturated heterocycles. The summed E-state index contributed by atoms with van der Waals surface area (Å²) < 4.78 is 5.65. The lowest BCUT2D eigenvalue weighted by Gasteiger charge is -2.21. The standard InChI is InChI=1S/C27H30N2O5/c1-2-17(12-24(30)31)28-25(32)27-13-16(27)11-18(14-27)29-26(33)34-15-23-21-9-5-3-7-19(21)20-8-4-6-10-22(20)23/h3-10,16-18,23H,2,11-15H2,1H3,(H,28,32)(H,29,33)(H,30,31)/t16?,17-,18?,27?/m1/s1. The molecule has 178 valence electrons. The van der Waals surface area contributed by atoms with Crippen molar-refractivity contribution in [1.29, 1.82) is 0 Å². The Hall–Kier alpha value is -3.35. The Bertz CT molecular complexity index is 1090. The van der Waals surface area contributed by atoms with E-state index in [-0.39, 0.29) is 42.9 Å². The van der Waals surface area contributed by atoms with Crippen LogP contribution in [-0.2, 0) is 14.3 Å². The Morgan fingerprint density at radius 2 is 1.71 bits per heavy atom. The molecule has 0 aromatic heterocycles. The van der Waals surface area contributed by atoms with Gasteiger partial charge in [0, 0.05) is 18.0 Å². The fourth-order valence-electron chi connectivity index (χ4n) is 5.93. The number of carbonyl (C=O) groups excluding carboxylic acids is 2. The molecule has 5 rings (SSSR count). The molecule has 2 amide bonds. The molecule has 3 unspecified atom stereocenters. The maximum atomic E-state index is 12.9. The molecule has 2 fully saturated rings. The third-order valence-corrected chi connectivity index (χ3v) is 7.78. The number of carboxylic acids is 1. The first-order chi connectivity index (χ1) is 16.4. The Balaban J connectivity index is 1.16. The van der Waals surface area contributed by atoms with E-state index in [2.05, 4.69) is 34.9 Å². The monoisotopic (exact) mass is 462 g/mol. The van der Waals surface area contributed by atoms with E-state index in [1.165, 1.54) is 22.3 Å². The van der Waals surface area contributed by atoms with Crippen LogP contribution in [0.3, 0.4) is 0 Å². The number of fused-ring (bicyclic) bond motifs is 4. The first kappa shape index (κ1) is 22.4. The maximum Gasteiger partial charge on any atom is 0.407 e. The van der Waals surface area contributed by atoms with Crippen LogP contribution in [0.4, 0.5) is 4.79 Å². The number of aliphatic carboxylic acids is 1. The molecule has 2 aromatic carbocycles. The number of benzene rings is 2. The summed E-state index contributed by atoms with van der Waals surface area (Å²) in [6.45, 7) is 2.13. The molecule has 7 heteroatoms. The SMILES string of the molecule is CC[C@H](CC(=O)O)NC(=O)C12CC(NC(=O)OCC3c4ccccc4-c4ccccc43)CC1C2. The van der Waals surface area contributed by atoms with Crippen molar-refractivity contribution in [2.75, 3.05) is 6.61 Å². The van der Waals surface area contributed by atoms with Gasteiger partial charge in [-0.1, -0.05) is 55.5 Å². The summed E-state index contributed by atoms with van der Waals surface area (Å²) in [5.74, 6) is -0.762. The van der Waals surface area contributed by atoms with Crippen molar-refractivity contribution in [3.63, 3.8) is 0 Å². The van der Waals surface area contributed by atoms with Crippen LogP contribution in [-0.4, -0.2) is 41.8 Å². The second-order valence-electron chi connectivity index (χ2n) is 9.84. The van der Waals surface area contributed by atoms with Crippen molar-refractivity contribution in [2.45, 2.75) is 57.0 Å². The summed E-state index contributed by atoms with van der Waals surface area (Å²) in [6, 6.07) is 15.9. The first-order valence-corrected chi connectivity index (χ1v) is 12.1. The van der Waals surface area contributed by atoms with Crippen molar-refractivity contribution in [3.8, 4) is 11.1 Å². The molecule has 0 aliphatic heterocycles. The number of hydrogen-bond donors (Lipinski definition) is 3. The summed E-state index contributed by atoms with van der Waals surface area (Å²) in [5, 5.41) is 14.9. The Morgan fingerprint density at radius 3 is 2.32 bits per heavy atom. The second-order valence-corrected chi connectivity index (χ2v) is 9.84. The minimum absolute atomic E-state index is 0.00691. The van der Waals surface area contributed by atoms with Crippen molar-refractivity contribution < 1.29 is 24.2 Å². The predicted octanol–water partition coefficient (Wildman–Crippen LogP) is 4.06. The maximum absolute atomic E-state index is 12.9. The molecule has 2 aromatic rings. The van der Waals surface area contributed by atoms with Crippen LogP contribution in [0, 0.1) is 11.3 Å². The Labute approximate surface area is 198 Å². The molecule has 0 heterocycles. The van der Waals surface area contributed by atoms with Gasteiger partial charge in [0.05, 0.1) is 11.8 Å². The van der Waals surface area contributed by atoms with Gasteiger partial charge in [0.2, 0.25) is 5.91 Å². The highest BCUT2D eigenvalue weighted by molar-refractivity contribution is 5.87. The Morgan fingerprint density at radius 1 is 1.06 bits per heavy atom. The van der Waals surface area contributed by atoms with Gasteiger partial charge < -0.3 is 20.5 Å². The quantitative estimate of drug-likeness (QED) is 0.549. The zero-order valence-electron chi connectivity index (χ0n) is 19.3. The lowest BCUT2D eigenvalue weighted by atomic mass is 9.98. The van der Waals surface area contributed by atoms with E-state index in [0.29, 0.717) is 12.8 Å². The van der Waals surface area contributed by atoms with Crippen LogP contribution in [0.5, 0.6) is 0 Å². The number of rotatable bonds is 8. The average Bonchev–Trinajstić information content (AvgIpc) is 3.25. The van der Waals surface area contributed by atoms with Gasteiger partial charge in [-0.05, 0) is 53.9 Å². The molecule has 0 radical (unpaired) electrons. The van der Waals surface area contributed by atoms with Crippen LogP contribution < -0.4 is 10.6 Å². The fraction of sp³-hybridized carbons (Fsp3) is 0.444. The molecule has 0 spiro atoms. The predicted molar refractivity (Wildman–Crippen MR) is 126 cm³/mol. The lowest BCUT2D eigenvalue weighted by Crippen LogP contribution is -2.42. The van der Waals surface area contributed by atoms with Crippen LogP contribution in [0.2, 0.25) is 0 Å². The van der Waals surface area contributed by atoms with E-state index in [0.717, 1.165) is 12.8 Å². The summed E-state index contributed by atoms with van der Waals surface area (Å²) in [7, 11) is 0. The van der Waals surface area contributed by atoms with Gasteiger partial charge in [0.25, 0.3) is 0 Å². The largest absolute Gasteiger partial charge is 0.481 e. The first-order valence-electron chi connectivity index (χ1n) is 12.1. The van der Waals surface area contributed by atoms with Gasteiger partial charge in [0.1, 0.15) is 6.61 Å². The van der Waals surface area contributed by atoms with Crippen molar-refractivity contribution in [3.05, 3.63) is 59.7 Å². The van der Waals surface area contributed by atoms with Gasteiger partial charge in [0.15, 0.2) is 0 Å². The lowest BCUT2D eigenvalue weighted by molar-refractivity contribution is -0.138. The van der Waals surface area contributed by atoms with E-state index in [1.54, 1.807) is 0 Å². The number of carboxylic acid groups (broad SMARTS) is 1. The highest BCUT2D eigenvalue weighted by Crippen LogP contribution is 2.63. The molecule has 7 nitrogen and oxygen atoms in total. The number of hydrogen-bond acceptors (Lipinski definition) is 4. The molecule has 34 heavy (non-hydrogen) atoms. The van der Waals surface area contributed by atoms with Gasteiger partial charge >= 0.3 is 12.1 Å². The van der Waals surface area contributed by atoms with Gasteiger partial charge in [-0.15, -0.1) is 0 Å². The summed E-state index contributed by atoms with van der Waals surface area (Å²) in [6.07, 6.45) is 2.14. The van der Waals surface area contributed by atoms with Crippen LogP contribution in [0.15, 0.2) is 48.5 Å². The number of ether oxygens (including phenoxy) is 1.